The van der Waals surface area contributed by atoms with Crippen LogP contribution in [0.1, 0.15) is 37.2 Å². The standard InChI is InChI=1S/C13H20BrN3O3/c1-4-10(5-2)16(9-8-14)13(18)11-6-7-12(15(11)3)17(19)20/h6-7,10H,4-5,8-9H2,1-3H3. The summed E-state index contributed by atoms with van der Waals surface area (Å²) >= 11 is 3.36. The maximum Gasteiger partial charge on any atom is 0.323 e. The summed E-state index contributed by atoms with van der Waals surface area (Å²) in [7, 11) is 1.55. The van der Waals surface area contributed by atoms with E-state index in [0.717, 1.165) is 12.8 Å². The van der Waals surface area contributed by atoms with Gasteiger partial charge in [0.25, 0.3) is 5.91 Å². The molecule has 0 aliphatic heterocycles. The van der Waals surface area contributed by atoms with Crippen LogP contribution >= 0.6 is 15.9 Å². The van der Waals surface area contributed by atoms with E-state index in [0.29, 0.717) is 17.6 Å². The molecule has 0 aliphatic carbocycles. The van der Waals surface area contributed by atoms with Crippen molar-refractivity contribution in [1.82, 2.24) is 9.47 Å². The summed E-state index contributed by atoms with van der Waals surface area (Å²) < 4.78 is 1.34. The molecule has 0 fully saturated rings. The summed E-state index contributed by atoms with van der Waals surface area (Å²) in [5.74, 6) is -0.231. The van der Waals surface area contributed by atoms with Gasteiger partial charge in [0.15, 0.2) is 5.69 Å². The maximum absolute atomic E-state index is 12.6. The van der Waals surface area contributed by atoms with E-state index in [1.54, 1.807) is 11.9 Å². The molecule has 1 rings (SSSR count). The summed E-state index contributed by atoms with van der Waals surface area (Å²) in [6, 6.07) is 3.03. The molecule has 0 radical (unpaired) electrons. The van der Waals surface area contributed by atoms with Crippen molar-refractivity contribution >= 4 is 27.7 Å². The zero-order chi connectivity index (χ0) is 15.3. The number of rotatable bonds is 7. The fraction of sp³-hybridized carbons (Fsp3) is 0.615. The van der Waals surface area contributed by atoms with Gasteiger partial charge in [0, 0.05) is 24.0 Å². The molecular weight excluding hydrogens is 326 g/mol. The lowest BCUT2D eigenvalue weighted by Gasteiger charge is -2.29. The molecule has 0 bridgehead atoms. The van der Waals surface area contributed by atoms with Crippen LogP contribution in [-0.4, -0.2) is 38.2 Å². The Morgan fingerprint density at radius 3 is 2.45 bits per heavy atom. The molecule has 0 aliphatic rings. The molecule has 1 aromatic heterocycles. The highest BCUT2D eigenvalue weighted by atomic mass is 79.9. The van der Waals surface area contributed by atoms with Crippen molar-refractivity contribution in [1.29, 1.82) is 0 Å². The third-order valence-electron chi connectivity index (χ3n) is 3.47. The predicted molar refractivity (Wildman–Crippen MR) is 81.3 cm³/mol. The minimum atomic E-state index is -0.483. The largest absolute Gasteiger partial charge is 0.358 e. The normalized spacial score (nSPS) is 10.8. The average molecular weight is 346 g/mol. The first kappa shape index (κ1) is 16.7. The van der Waals surface area contributed by atoms with Gasteiger partial charge in [-0.05, 0) is 23.8 Å². The highest BCUT2D eigenvalue weighted by Crippen LogP contribution is 2.19. The number of alkyl halides is 1. The number of aromatic nitrogens is 1. The van der Waals surface area contributed by atoms with Crippen LogP contribution < -0.4 is 0 Å². The van der Waals surface area contributed by atoms with Crippen LogP contribution in [0.5, 0.6) is 0 Å². The molecule has 0 unspecified atom stereocenters. The van der Waals surface area contributed by atoms with Crippen LogP contribution in [0.4, 0.5) is 5.82 Å². The Morgan fingerprint density at radius 2 is 2.05 bits per heavy atom. The van der Waals surface area contributed by atoms with E-state index < -0.39 is 4.92 Å². The first-order chi connectivity index (χ1) is 9.47. The van der Waals surface area contributed by atoms with Crippen LogP contribution in [0.3, 0.4) is 0 Å². The molecule has 0 atom stereocenters. The Morgan fingerprint density at radius 1 is 1.45 bits per heavy atom. The van der Waals surface area contributed by atoms with Gasteiger partial charge in [0.1, 0.15) is 0 Å². The van der Waals surface area contributed by atoms with Crippen LogP contribution in [0.2, 0.25) is 0 Å². The number of carbonyl (C=O) groups excluding carboxylic acids is 1. The van der Waals surface area contributed by atoms with Gasteiger partial charge < -0.3 is 15.0 Å². The lowest BCUT2D eigenvalue weighted by atomic mass is 10.1. The predicted octanol–water partition coefficient (Wildman–Crippen LogP) is 2.96. The number of carbonyl (C=O) groups is 1. The SMILES string of the molecule is CCC(CC)N(CCBr)C(=O)c1ccc([N+](=O)[O-])n1C. The molecule has 1 amide bonds. The number of nitrogens with zero attached hydrogens (tertiary/aromatic N) is 3. The maximum atomic E-state index is 12.6. The topological polar surface area (TPSA) is 68.4 Å². The van der Waals surface area contributed by atoms with Gasteiger partial charge in [-0.3, -0.25) is 4.79 Å². The molecule has 0 N–H and O–H groups in total. The van der Waals surface area contributed by atoms with Crippen molar-refractivity contribution in [2.75, 3.05) is 11.9 Å². The van der Waals surface area contributed by atoms with Gasteiger partial charge in [-0.2, -0.15) is 0 Å². The summed E-state index contributed by atoms with van der Waals surface area (Å²) in [6.07, 6.45) is 1.73. The molecule has 0 spiro atoms. The minimum Gasteiger partial charge on any atom is -0.358 e. The van der Waals surface area contributed by atoms with Crippen molar-refractivity contribution in [2.45, 2.75) is 32.7 Å². The van der Waals surface area contributed by atoms with E-state index in [1.165, 1.54) is 16.7 Å². The lowest BCUT2D eigenvalue weighted by Crippen LogP contribution is -2.41. The number of nitro groups is 1. The summed E-state index contributed by atoms with van der Waals surface area (Å²) in [5.41, 5.74) is 0.351. The van der Waals surface area contributed by atoms with E-state index >= 15 is 0 Å². The van der Waals surface area contributed by atoms with E-state index in [2.05, 4.69) is 15.9 Å². The number of halogens is 1. The van der Waals surface area contributed by atoms with Crippen LogP contribution in [0.25, 0.3) is 0 Å². The third kappa shape index (κ3) is 3.39. The van der Waals surface area contributed by atoms with Crippen molar-refractivity contribution in [3.8, 4) is 0 Å². The third-order valence-corrected chi connectivity index (χ3v) is 3.83. The summed E-state index contributed by atoms with van der Waals surface area (Å²) in [6.45, 7) is 4.66. The summed E-state index contributed by atoms with van der Waals surface area (Å²) in [5, 5.41) is 11.5. The fourth-order valence-electron chi connectivity index (χ4n) is 2.32. The van der Waals surface area contributed by atoms with Crippen LogP contribution in [0.15, 0.2) is 12.1 Å². The summed E-state index contributed by atoms with van der Waals surface area (Å²) in [4.78, 5) is 24.8. The lowest BCUT2D eigenvalue weighted by molar-refractivity contribution is -0.391. The number of amides is 1. The molecule has 20 heavy (non-hydrogen) atoms. The molecule has 0 saturated carbocycles. The Hall–Kier alpha value is -1.37. The first-order valence-electron chi connectivity index (χ1n) is 6.64. The molecule has 0 aromatic carbocycles. The van der Waals surface area contributed by atoms with Gasteiger partial charge in [-0.15, -0.1) is 0 Å². The molecule has 6 nitrogen and oxygen atoms in total. The second kappa shape index (κ2) is 7.42. The van der Waals surface area contributed by atoms with Gasteiger partial charge in [0.05, 0.1) is 7.05 Å². The second-order valence-corrected chi connectivity index (χ2v) is 5.34. The molecular formula is C13H20BrN3O3. The molecule has 1 aromatic rings. The second-order valence-electron chi connectivity index (χ2n) is 4.55. The van der Waals surface area contributed by atoms with Crippen LogP contribution in [0, 0.1) is 10.1 Å². The van der Waals surface area contributed by atoms with E-state index in [1.807, 2.05) is 13.8 Å². The molecule has 0 saturated heterocycles. The fourth-order valence-corrected chi connectivity index (χ4v) is 2.70. The van der Waals surface area contributed by atoms with E-state index in [-0.39, 0.29) is 17.8 Å². The molecule has 7 heteroatoms. The number of hydrogen-bond donors (Lipinski definition) is 0. The van der Waals surface area contributed by atoms with Crippen molar-refractivity contribution in [3.63, 3.8) is 0 Å². The van der Waals surface area contributed by atoms with Gasteiger partial charge >= 0.3 is 5.82 Å². The van der Waals surface area contributed by atoms with Crippen LogP contribution in [-0.2, 0) is 7.05 Å². The Bertz CT molecular complexity index is 483. The van der Waals surface area contributed by atoms with Gasteiger partial charge in [-0.1, -0.05) is 29.8 Å². The first-order valence-corrected chi connectivity index (χ1v) is 7.77. The van der Waals surface area contributed by atoms with Gasteiger partial charge in [-0.25, -0.2) is 4.57 Å². The van der Waals surface area contributed by atoms with Crippen molar-refractivity contribution in [2.24, 2.45) is 7.05 Å². The van der Waals surface area contributed by atoms with Gasteiger partial charge in [0.2, 0.25) is 0 Å². The highest BCUT2D eigenvalue weighted by molar-refractivity contribution is 9.09. The van der Waals surface area contributed by atoms with E-state index in [4.69, 9.17) is 0 Å². The highest BCUT2D eigenvalue weighted by Gasteiger charge is 2.28. The molecule has 1 heterocycles. The number of hydrogen-bond acceptors (Lipinski definition) is 3. The minimum absolute atomic E-state index is 0.0725. The quantitative estimate of drug-likeness (QED) is 0.433. The molecule has 112 valence electrons. The van der Waals surface area contributed by atoms with E-state index in [9.17, 15) is 14.9 Å². The Labute approximate surface area is 127 Å². The average Bonchev–Trinajstić information content (AvgIpc) is 2.80. The van der Waals surface area contributed by atoms with Crippen molar-refractivity contribution < 1.29 is 9.72 Å². The smallest absolute Gasteiger partial charge is 0.323 e. The monoisotopic (exact) mass is 345 g/mol. The zero-order valence-electron chi connectivity index (χ0n) is 12.0. The Balaban J connectivity index is 3.09. The van der Waals surface area contributed by atoms with Crippen molar-refractivity contribution in [3.05, 3.63) is 27.9 Å². The Kier molecular flexibility index (Phi) is 6.19. The zero-order valence-corrected chi connectivity index (χ0v) is 13.6.